The molecule has 0 spiro atoms. The molecule has 0 radical (unpaired) electrons. The van der Waals surface area contributed by atoms with Crippen molar-refractivity contribution in [2.75, 3.05) is 13.7 Å². The normalized spacial score (nSPS) is 11.6. The number of aliphatic hydroxyl groups is 1. The molecule has 0 amide bonds. The number of nitrogens with zero attached hydrogens (tertiary/aromatic N) is 1. The maximum atomic E-state index is 11.0. The van der Waals surface area contributed by atoms with E-state index in [1.54, 1.807) is 42.5 Å². The molecule has 4 rings (SSSR count). The fourth-order valence-corrected chi connectivity index (χ4v) is 3.50. The van der Waals surface area contributed by atoms with Crippen molar-refractivity contribution in [2.45, 2.75) is 19.6 Å². The largest absolute Gasteiger partial charge is 0.497 e. The second kappa shape index (κ2) is 10.8. The minimum atomic E-state index is -1.12. The SMILES string of the molecule is COc1ccc(C(O)c2cccc(OCc3nc(-c4ccccc4)oc3C)c2)c(OCC(=O)O)c1. The van der Waals surface area contributed by atoms with Gasteiger partial charge in [-0.25, -0.2) is 9.78 Å². The van der Waals surface area contributed by atoms with Crippen LogP contribution in [0.25, 0.3) is 11.5 Å². The average Bonchev–Trinajstić information content (AvgIpc) is 3.26. The number of carboxylic acids is 1. The Labute approximate surface area is 202 Å². The number of hydrogen-bond donors (Lipinski definition) is 2. The quantitative estimate of drug-likeness (QED) is 0.337. The lowest BCUT2D eigenvalue weighted by molar-refractivity contribution is -0.139. The molecule has 0 saturated carbocycles. The summed E-state index contributed by atoms with van der Waals surface area (Å²) in [6, 6.07) is 21.5. The van der Waals surface area contributed by atoms with Gasteiger partial charge in [0.2, 0.25) is 5.89 Å². The van der Waals surface area contributed by atoms with Crippen LogP contribution in [-0.2, 0) is 11.4 Å². The molecule has 2 N–H and O–H groups in total. The van der Waals surface area contributed by atoms with Crippen LogP contribution in [0.4, 0.5) is 0 Å². The Morgan fingerprint density at radius 2 is 1.80 bits per heavy atom. The van der Waals surface area contributed by atoms with Crippen molar-refractivity contribution in [1.82, 2.24) is 4.98 Å². The van der Waals surface area contributed by atoms with Gasteiger partial charge >= 0.3 is 5.97 Å². The summed E-state index contributed by atoms with van der Waals surface area (Å²) in [5.41, 5.74) is 2.51. The van der Waals surface area contributed by atoms with Gasteiger partial charge in [-0.15, -0.1) is 0 Å². The van der Waals surface area contributed by atoms with Crippen LogP contribution in [0.2, 0.25) is 0 Å². The van der Waals surface area contributed by atoms with E-state index >= 15 is 0 Å². The molecular weight excluding hydrogens is 450 g/mol. The molecule has 0 fully saturated rings. The molecule has 0 aliphatic heterocycles. The standard InChI is InChI=1S/C27H25NO7/c1-17-23(28-27(35-17)18-7-4-3-5-8-18)15-33-21-10-6-9-19(13-21)26(31)22-12-11-20(32-2)14-24(22)34-16-25(29)30/h3-14,26,31H,15-16H2,1-2H3,(H,29,30). The third kappa shape index (κ3) is 5.80. The summed E-state index contributed by atoms with van der Waals surface area (Å²) in [6.07, 6.45) is -1.08. The summed E-state index contributed by atoms with van der Waals surface area (Å²) < 4.78 is 22.3. The Bertz CT molecular complexity index is 1300. The number of benzene rings is 3. The molecule has 1 heterocycles. The molecule has 35 heavy (non-hydrogen) atoms. The summed E-state index contributed by atoms with van der Waals surface area (Å²) in [5, 5.41) is 20.0. The van der Waals surface area contributed by atoms with Crippen LogP contribution >= 0.6 is 0 Å². The van der Waals surface area contributed by atoms with E-state index in [0.29, 0.717) is 40.0 Å². The Hall–Kier alpha value is -4.30. The van der Waals surface area contributed by atoms with Crippen LogP contribution < -0.4 is 14.2 Å². The molecular formula is C27H25NO7. The molecule has 3 aromatic carbocycles. The number of aliphatic carboxylic acids is 1. The highest BCUT2D eigenvalue weighted by atomic mass is 16.5. The van der Waals surface area contributed by atoms with Crippen molar-refractivity contribution in [3.05, 3.63) is 95.4 Å². The van der Waals surface area contributed by atoms with E-state index in [-0.39, 0.29) is 12.4 Å². The smallest absolute Gasteiger partial charge is 0.341 e. The summed E-state index contributed by atoms with van der Waals surface area (Å²) in [4.78, 5) is 15.5. The third-order valence-corrected chi connectivity index (χ3v) is 5.33. The van der Waals surface area contributed by atoms with Crippen molar-refractivity contribution < 1.29 is 33.6 Å². The van der Waals surface area contributed by atoms with Crippen LogP contribution in [0.3, 0.4) is 0 Å². The lowest BCUT2D eigenvalue weighted by Gasteiger charge is -2.17. The number of oxazole rings is 1. The first-order valence-electron chi connectivity index (χ1n) is 10.9. The number of carboxylic acid groups (broad SMARTS) is 1. The fourth-order valence-electron chi connectivity index (χ4n) is 3.50. The molecule has 1 aromatic heterocycles. The van der Waals surface area contributed by atoms with Crippen LogP contribution in [0.1, 0.15) is 28.7 Å². The van der Waals surface area contributed by atoms with E-state index in [9.17, 15) is 9.90 Å². The fraction of sp³-hybridized carbons (Fsp3) is 0.185. The summed E-state index contributed by atoms with van der Waals surface area (Å²) >= 11 is 0. The Morgan fingerprint density at radius 3 is 2.54 bits per heavy atom. The van der Waals surface area contributed by atoms with Gasteiger partial charge in [0.05, 0.1) is 7.11 Å². The zero-order valence-electron chi connectivity index (χ0n) is 19.3. The molecule has 8 nitrogen and oxygen atoms in total. The monoisotopic (exact) mass is 475 g/mol. The highest BCUT2D eigenvalue weighted by Crippen LogP contribution is 2.34. The van der Waals surface area contributed by atoms with Gasteiger partial charge in [-0.2, -0.15) is 0 Å². The van der Waals surface area contributed by atoms with E-state index < -0.39 is 18.7 Å². The van der Waals surface area contributed by atoms with Crippen molar-refractivity contribution in [3.8, 4) is 28.7 Å². The molecule has 0 aliphatic carbocycles. The molecule has 4 aromatic rings. The summed E-state index contributed by atoms with van der Waals surface area (Å²) in [7, 11) is 1.49. The number of hydrogen-bond acceptors (Lipinski definition) is 7. The Morgan fingerprint density at radius 1 is 1.00 bits per heavy atom. The van der Waals surface area contributed by atoms with Gasteiger partial charge in [0.25, 0.3) is 0 Å². The molecule has 1 unspecified atom stereocenters. The molecule has 180 valence electrons. The van der Waals surface area contributed by atoms with Crippen LogP contribution in [0, 0.1) is 6.92 Å². The van der Waals surface area contributed by atoms with E-state index in [0.717, 1.165) is 5.56 Å². The van der Waals surface area contributed by atoms with E-state index in [1.807, 2.05) is 37.3 Å². The third-order valence-electron chi connectivity index (χ3n) is 5.33. The zero-order valence-corrected chi connectivity index (χ0v) is 19.3. The van der Waals surface area contributed by atoms with E-state index in [4.69, 9.17) is 23.7 Å². The number of rotatable bonds is 10. The second-order valence-corrected chi connectivity index (χ2v) is 7.74. The predicted molar refractivity (Wildman–Crippen MR) is 128 cm³/mol. The lowest BCUT2D eigenvalue weighted by Crippen LogP contribution is -2.12. The Balaban J connectivity index is 1.51. The zero-order chi connectivity index (χ0) is 24.8. The first-order chi connectivity index (χ1) is 16.9. The van der Waals surface area contributed by atoms with Crippen LogP contribution in [-0.4, -0.2) is 34.9 Å². The Kier molecular flexibility index (Phi) is 7.32. The molecule has 0 aliphatic rings. The van der Waals surface area contributed by atoms with Crippen LogP contribution in [0.15, 0.2) is 77.2 Å². The minimum absolute atomic E-state index is 0.192. The number of aliphatic hydroxyl groups excluding tert-OH is 1. The van der Waals surface area contributed by atoms with E-state index in [1.165, 1.54) is 7.11 Å². The predicted octanol–water partition coefficient (Wildman–Crippen LogP) is 4.78. The molecule has 0 saturated heterocycles. The topological polar surface area (TPSA) is 111 Å². The number of aromatic nitrogens is 1. The molecule has 0 bridgehead atoms. The summed E-state index contributed by atoms with van der Waals surface area (Å²) in [6.45, 7) is 1.48. The first-order valence-corrected chi connectivity index (χ1v) is 10.9. The summed E-state index contributed by atoms with van der Waals surface area (Å²) in [5.74, 6) is 1.31. The number of aryl methyl sites for hydroxylation is 1. The van der Waals surface area contributed by atoms with Gasteiger partial charge in [0, 0.05) is 17.2 Å². The first kappa shape index (κ1) is 23.8. The van der Waals surface area contributed by atoms with Crippen molar-refractivity contribution >= 4 is 5.97 Å². The number of ether oxygens (including phenoxy) is 3. The average molecular weight is 475 g/mol. The second-order valence-electron chi connectivity index (χ2n) is 7.74. The van der Waals surface area contributed by atoms with Crippen molar-refractivity contribution in [2.24, 2.45) is 0 Å². The lowest BCUT2D eigenvalue weighted by atomic mass is 10.00. The van der Waals surface area contributed by atoms with Gasteiger partial charge in [0.1, 0.15) is 41.4 Å². The molecule has 8 heteroatoms. The van der Waals surface area contributed by atoms with Crippen LogP contribution in [0.5, 0.6) is 17.2 Å². The molecule has 1 atom stereocenters. The van der Waals surface area contributed by atoms with Gasteiger partial charge in [-0.05, 0) is 48.9 Å². The maximum Gasteiger partial charge on any atom is 0.341 e. The van der Waals surface area contributed by atoms with Gasteiger partial charge in [-0.1, -0.05) is 30.3 Å². The van der Waals surface area contributed by atoms with Gasteiger partial charge in [-0.3, -0.25) is 0 Å². The van der Waals surface area contributed by atoms with Gasteiger partial charge in [0.15, 0.2) is 6.61 Å². The number of methoxy groups -OCH3 is 1. The highest BCUT2D eigenvalue weighted by molar-refractivity contribution is 5.68. The maximum absolute atomic E-state index is 11.0. The van der Waals surface area contributed by atoms with E-state index in [2.05, 4.69) is 4.98 Å². The van der Waals surface area contributed by atoms with Gasteiger partial charge < -0.3 is 28.8 Å². The number of carbonyl (C=O) groups is 1. The van der Waals surface area contributed by atoms with Crippen molar-refractivity contribution in [3.63, 3.8) is 0 Å². The van der Waals surface area contributed by atoms with Crippen molar-refractivity contribution in [1.29, 1.82) is 0 Å². The minimum Gasteiger partial charge on any atom is -0.497 e. The highest BCUT2D eigenvalue weighted by Gasteiger charge is 2.19.